The quantitative estimate of drug-likeness (QED) is 0.719. The van der Waals surface area contributed by atoms with Gasteiger partial charge in [0.1, 0.15) is 0 Å². The zero-order valence-corrected chi connectivity index (χ0v) is 11.0. The summed E-state index contributed by atoms with van der Waals surface area (Å²) in [5, 5.41) is 0. The number of anilines is 2. The summed E-state index contributed by atoms with van der Waals surface area (Å²) >= 11 is 0. The van der Waals surface area contributed by atoms with Crippen LogP contribution in [0.1, 0.15) is 29.9 Å². The molecule has 3 heteroatoms. The van der Waals surface area contributed by atoms with Crippen molar-refractivity contribution in [2.75, 3.05) is 18.0 Å². The second-order valence-corrected chi connectivity index (χ2v) is 4.82. The molecule has 6 N–H and O–H groups in total. The largest absolute Gasteiger partial charge is 0.399 e. The van der Waals surface area contributed by atoms with Crippen LogP contribution in [0.3, 0.4) is 0 Å². The number of hydrogen-bond donors (Lipinski definition) is 3. The Morgan fingerprint density at radius 3 is 1.53 bits per heavy atom. The van der Waals surface area contributed by atoms with Gasteiger partial charge in [-0.1, -0.05) is 24.3 Å². The van der Waals surface area contributed by atoms with E-state index in [0.717, 1.165) is 24.2 Å². The second-order valence-electron chi connectivity index (χ2n) is 4.82. The highest BCUT2D eigenvalue weighted by atomic mass is 14.5. The van der Waals surface area contributed by atoms with Crippen LogP contribution in [0.15, 0.2) is 48.5 Å². The SMILES string of the molecule is NCCCC(c1ccc(N)cc1)c1ccc(N)cc1. The molecule has 0 aliphatic heterocycles. The Kier molecular flexibility index (Phi) is 4.42. The van der Waals surface area contributed by atoms with Crippen LogP contribution >= 0.6 is 0 Å². The first kappa shape index (κ1) is 13.4. The molecule has 0 amide bonds. The Morgan fingerprint density at radius 2 is 1.16 bits per heavy atom. The monoisotopic (exact) mass is 255 g/mol. The summed E-state index contributed by atoms with van der Waals surface area (Å²) in [6.07, 6.45) is 2.03. The van der Waals surface area contributed by atoms with Crippen LogP contribution in [0.4, 0.5) is 11.4 Å². The van der Waals surface area contributed by atoms with Gasteiger partial charge in [-0.2, -0.15) is 0 Å². The molecule has 0 aromatic heterocycles. The minimum atomic E-state index is 0.352. The highest BCUT2D eigenvalue weighted by molar-refractivity contribution is 5.45. The third-order valence-electron chi connectivity index (χ3n) is 3.37. The number of rotatable bonds is 5. The van der Waals surface area contributed by atoms with E-state index in [2.05, 4.69) is 24.3 Å². The Bertz CT molecular complexity index is 457. The molecular formula is C16H21N3. The van der Waals surface area contributed by atoms with Crippen molar-refractivity contribution in [2.45, 2.75) is 18.8 Å². The van der Waals surface area contributed by atoms with Crippen molar-refractivity contribution in [3.63, 3.8) is 0 Å². The molecular weight excluding hydrogens is 234 g/mol. The van der Waals surface area contributed by atoms with Crippen LogP contribution in [0.2, 0.25) is 0 Å². The van der Waals surface area contributed by atoms with Gasteiger partial charge in [0.2, 0.25) is 0 Å². The summed E-state index contributed by atoms with van der Waals surface area (Å²) < 4.78 is 0. The van der Waals surface area contributed by atoms with Crippen molar-refractivity contribution in [1.29, 1.82) is 0 Å². The van der Waals surface area contributed by atoms with E-state index in [9.17, 15) is 0 Å². The maximum absolute atomic E-state index is 5.75. The summed E-state index contributed by atoms with van der Waals surface area (Å²) in [5.41, 5.74) is 21.3. The molecule has 0 spiro atoms. The molecule has 2 aromatic carbocycles. The zero-order valence-electron chi connectivity index (χ0n) is 11.0. The minimum Gasteiger partial charge on any atom is -0.399 e. The van der Waals surface area contributed by atoms with E-state index >= 15 is 0 Å². The molecule has 0 unspecified atom stereocenters. The van der Waals surface area contributed by atoms with Crippen molar-refractivity contribution in [1.82, 2.24) is 0 Å². The first-order valence-corrected chi connectivity index (χ1v) is 6.61. The van der Waals surface area contributed by atoms with Gasteiger partial charge in [-0.15, -0.1) is 0 Å². The third-order valence-corrected chi connectivity index (χ3v) is 3.37. The van der Waals surface area contributed by atoms with Crippen LogP contribution < -0.4 is 17.2 Å². The lowest BCUT2D eigenvalue weighted by Gasteiger charge is -2.18. The molecule has 0 radical (unpaired) electrons. The lowest BCUT2D eigenvalue weighted by atomic mass is 9.87. The normalized spacial score (nSPS) is 10.8. The van der Waals surface area contributed by atoms with E-state index in [-0.39, 0.29) is 0 Å². The van der Waals surface area contributed by atoms with Gasteiger partial charge in [0, 0.05) is 17.3 Å². The average molecular weight is 255 g/mol. The molecule has 0 saturated heterocycles. The maximum atomic E-state index is 5.75. The molecule has 100 valence electrons. The fourth-order valence-corrected chi connectivity index (χ4v) is 2.30. The van der Waals surface area contributed by atoms with Crippen LogP contribution in [0, 0.1) is 0 Å². The molecule has 0 fully saturated rings. The summed E-state index contributed by atoms with van der Waals surface area (Å²) in [5.74, 6) is 0.352. The van der Waals surface area contributed by atoms with Gasteiger partial charge >= 0.3 is 0 Å². The van der Waals surface area contributed by atoms with E-state index < -0.39 is 0 Å². The van der Waals surface area contributed by atoms with Crippen molar-refractivity contribution in [2.24, 2.45) is 5.73 Å². The van der Waals surface area contributed by atoms with E-state index in [4.69, 9.17) is 17.2 Å². The standard InChI is InChI=1S/C16H21N3/c17-11-1-2-16(12-3-7-14(18)8-4-12)13-5-9-15(19)10-6-13/h3-10,16H,1-2,11,17-19H2. The molecule has 0 saturated carbocycles. The molecule has 0 heterocycles. The molecule has 0 bridgehead atoms. The van der Waals surface area contributed by atoms with Gasteiger partial charge in [-0.05, 0) is 54.8 Å². The van der Waals surface area contributed by atoms with Crippen LogP contribution in [-0.2, 0) is 0 Å². The summed E-state index contributed by atoms with van der Waals surface area (Å²) in [6, 6.07) is 16.1. The van der Waals surface area contributed by atoms with Gasteiger partial charge in [-0.3, -0.25) is 0 Å². The fraction of sp³-hybridized carbons (Fsp3) is 0.250. The smallest absolute Gasteiger partial charge is 0.0314 e. The molecule has 0 atom stereocenters. The van der Waals surface area contributed by atoms with E-state index in [1.807, 2.05) is 24.3 Å². The second kappa shape index (κ2) is 6.25. The molecule has 0 aliphatic rings. The number of nitrogen functional groups attached to an aromatic ring is 2. The molecule has 2 aromatic rings. The first-order chi connectivity index (χ1) is 9.20. The Hall–Kier alpha value is -2.00. The summed E-state index contributed by atoms with van der Waals surface area (Å²) in [4.78, 5) is 0. The van der Waals surface area contributed by atoms with Crippen molar-refractivity contribution < 1.29 is 0 Å². The van der Waals surface area contributed by atoms with Crippen LogP contribution in [0.25, 0.3) is 0 Å². The summed E-state index contributed by atoms with van der Waals surface area (Å²) in [6.45, 7) is 0.709. The number of nitrogens with two attached hydrogens (primary N) is 3. The summed E-state index contributed by atoms with van der Waals surface area (Å²) in [7, 11) is 0. The van der Waals surface area contributed by atoms with Crippen molar-refractivity contribution in [3.05, 3.63) is 59.7 Å². The zero-order chi connectivity index (χ0) is 13.7. The third kappa shape index (κ3) is 3.48. The minimum absolute atomic E-state index is 0.352. The molecule has 3 nitrogen and oxygen atoms in total. The fourth-order valence-electron chi connectivity index (χ4n) is 2.30. The Morgan fingerprint density at radius 1 is 0.737 bits per heavy atom. The van der Waals surface area contributed by atoms with Gasteiger partial charge in [0.05, 0.1) is 0 Å². The average Bonchev–Trinajstić information content (AvgIpc) is 2.43. The molecule has 0 aliphatic carbocycles. The van der Waals surface area contributed by atoms with E-state index in [1.54, 1.807) is 0 Å². The lowest BCUT2D eigenvalue weighted by Crippen LogP contribution is -2.06. The van der Waals surface area contributed by atoms with Gasteiger partial charge in [0.25, 0.3) is 0 Å². The van der Waals surface area contributed by atoms with Crippen molar-refractivity contribution in [3.8, 4) is 0 Å². The van der Waals surface area contributed by atoms with Crippen molar-refractivity contribution >= 4 is 11.4 Å². The lowest BCUT2D eigenvalue weighted by molar-refractivity contribution is 0.669. The molecule has 2 rings (SSSR count). The molecule has 19 heavy (non-hydrogen) atoms. The van der Waals surface area contributed by atoms with E-state index in [0.29, 0.717) is 12.5 Å². The highest BCUT2D eigenvalue weighted by Crippen LogP contribution is 2.30. The first-order valence-electron chi connectivity index (χ1n) is 6.61. The van der Waals surface area contributed by atoms with E-state index in [1.165, 1.54) is 11.1 Å². The van der Waals surface area contributed by atoms with Gasteiger partial charge in [-0.25, -0.2) is 0 Å². The van der Waals surface area contributed by atoms with Crippen LogP contribution in [-0.4, -0.2) is 6.54 Å². The Balaban J connectivity index is 2.29. The van der Waals surface area contributed by atoms with Gasteiger partial charge in [0.15, 0.2) is 0 Å². The predicted octanol–water partition coefficient (Wildman–Crippen LogP) is 2.72. The topological polar surface area (TPSA) is 78.1 Å². The number of benzene rings is 2. The van der Waals surface area contributed by atoms with Gasteiger partial charge < -0.3 is 17.2 Å². The number of hydrogen-bond acceptors (Lipinski definition) is 3. The maximum Gasteiger partial charge on any atom is 0.0314 e. The highest BCUT2D eigenvalue weighted by Gasteiger charge is 2.13. The predicted molar refractivity (Wildman–Crippen MR) is 81.8 cm³/mol. The Labute approximate surface area is 114 Å². The van der Waals surface area contributed by atoms with Crippen LogP contribution in [0.5, 0.6) is 0 Å².